The number of carbonyl (C=O) groups excluding carboxylic acids is 3. The highest BCUT2D eigenvalue weighted by Gasteiger charge is 2.09. The largest absolute Gasteiger partial charge is 0.343 e. The fourth-order valence-corrected chi connectivity index (χ4v) is 2.61. The topological polar surface area (TPSA) is 87.3 Å². The lowest BCUT2D eigenvalue weighted by Crippen LogP contribution is -2.33. The lowest BCUT2D eigenvalue weighted by Gasteiger charge is -2.10. The van der Waals surface area contributed by atoms with Crippen LogP contribution >= 0.6 is 15.9 Å². The standard InChI is InChI=1S/C18H18BrN3O3/c1-11-9-14(19)5-8-16(11)22-17(24)10-20-18(25)13-3-6-15(7-4-13)21-12(2)23/h3-9H,10H2,1-2H3,(H,20,25)(H,21,23)(H,22,24). The SMILES string of the molecule is CC(=O)Nc1ccc(C(=O)NCC(=O)Nc2ccc(Br)cc2C)cc1. The van der Waals surface area contributed by atoms with Gasteiger partial charge in [-0.25, -0.2) is 0 Å². The van der Waals surface area contributed by atoms with Crippen LogP contribution in [0.3, 0.4) is 0 Å². The van der Waals surface area contributed by atoms with E-state index in [4.69, 9.17) is 0 Å². The quantitative estimate of drug-likeness (QED) is 0.716. The van der Waals surface area contributed by atoms with Crippen LogP contribution in [0.5, 0.6) is 0 Å². The summed E-state index contributed by atoms with van der Waals surface area (Å²) in [5.74, 6) is -0.859. The number of anilines is 2. The molecule has 7 heteroatoms. The van der Waals surface area contributed by atoms with E-state index in [0.29, 0.717) is 16.9 Å². The molecule has 3 N–H and O–H groups in total. The maximum Gasteiger partial charge on any atom is 0.251 e. The van der Waals surface area contributed by atoms with Crippen molar-refractivity contribution in [3.8, 4) is 0 Å². The second-order valence-corrected chi connectivity index (χ2v) is 6.36. The molecule has 0 atom stereocenters. The van der Waals surface area contributed by atoms with Gasteiger partial charge in [-0.1, -0.05) is 15.9 Å². The fourth-order valence-electron chi connectivity index (χ4n) is 2.13. The molecule has 25 heavy (non-hydrogen) atoms. The monoisotopic (exact) mass is 403 g/mol. The summed E-state index contributed by atoms with van der Waals surface area (Å²) in [5, 5.41) is 7.94. The molecule has 0 spiro atoms. The summed E-state index contributed by atoms with van der Waals surface area (Å²) in [6.07, 6.45) is 0. The first-order valence-electron chi connectivity index (χ1n) is 7.57. The van der Waals surface area contributed by atoms with Crippen molar-refractivity contribution in [3.05, 3.63) is 58.1 Å². The molecule has 130 valence electrons. The molecule has 0 bridgehead atoms. The van der Waals surface area contributed by atoms with Crippen LogP contribution < -0.4 is 16.0 Å². The van der Waals surface area contributed by atoms with Gasteiger partial charge in [-0.05, 0) is 55.0 Å². The minimum Gasteiger partial charge on any atom is -0.343 e. The van der Waals surface area contributed by atoms with Gasteiger partial charge in [0.1, 0.15) is 0 Å². The summed E-state index contributed by atoms with van der Waals surface area (Å²) in [7, 11) is 0. The predicted octanol–water partition coefficient (Wildman–Crippen LogP) is 3.08. The zero-order valence-electron chi connectivity index (χ0n) is 13.9. The Morgan fingerprint density at radius 2 is 1.68 bits per heavy atom. The molecule has 0 fully saturated rings. The Labute approximate surface area is 154 Å². The Morgan fingerprint density at radius 3 is 2.28 bits per heavy atom. The molecule has 2 rings (SSSR count). The molecule has 6 nitrogen and oxygen atoms in total. The Kier molecular flexibility index (Phi) is 6.30. The molecule has 3 amide bonds. The number of hydrogen-bond acceptors (Lipinski definition) is 3. The van der Waals surface area contributed by atoms with Gasteiger partial charge in [0.15, 0.2) is 0 Å². The van der Waals surface area contributed by atoms with Crippen molar-refractivity contribution in [2.75, 3.05) is 17.2 Å². The van der Waals surface area contributed by atoms with E-state index >= 15 is 0 Å². The van der Waals surface area contributed by atoms with E-state index in [-0.39, 0.29) is 24.3 Å². The van der Waals surface area contributed by atoms with Crippen LogP contribution in [-0.4, -0.2) is 24.3 Å². The Bertz CT molecular complexity index is 804. The van der Waals surface area contributed by atoms with Gasteiger partial charge >= 0.3 is 0 Å². The van der Waals surface area contributed by atoms with E-state index in [1.54, 1.807) is 30.3 Å². The third kappa shape index (κ3) is 5.72. The van der Waals surface area contributed by atoms with Crippen molar-refractivity contribution in [2.45, 2.75) is 13.8 Å². The maximum absolute atomic E-state index is 12.1. The summed E-state index contributed by atoms with van der Waals surface area (Å²) in [6.45, 7) is 3.16. The fraction of sp³-hybridized carbons (Fsp3) is 0.167. The van der Waals surface area contributed by atoms with Gasteiger partial charge in [0, 0.05) is 28.3 Å². The molecule has 2 aromatic carbocycles. The highest BCUT2D eigenvalue weighted by atomic mass is 79.9. The normalized spacial score (nSPS) is 10.0. The second kappa shape index (κ2) is 8.43. The Morgan fingerprint density at radius 1 is 1.00 bits per heavy atom. The van der Waals surface area contributed by atoms with Crippen LogP contribution in [0.1, 0.15) is 22.8 Å². The molecule has 0 heterocycles. The van der Waals surface area contributed by atoms with Gasteiger partial charge in [-0.2, -0.15) is 0 Å². The van der Waals surface area contributed by atoms with Crippen molar-refractivity contribution >= 4 is 45.0 Å². The van der Waals surface area contributed by atoms with E-state index < -0.39 is 0 Å². The Hall–Kier alpha value is -2.67. The van der Waals surface area contributed by atoms with Gasteiger partial charge in [0.2, 0.25) is 11.8 Å². The van der Waals surface area contributed by atoms with Crippen LogP contribution in [-0.2, 0) is 9.59 Å². The molecule has 0 radical (unpaired) electrons. The molecule has 0 aliphatic rings. The number of carbonyl (C=O) groups is 3. The summed E-state index contributed by atoms with van der Waals surface area (Å²) in [4.78, 5) is 35.0. The molecule has 0 aliphatic heterocycles. The first kappa shape index (κ1) is 18.7. The van der Waals surface area contributed by atoms with Crippen LogP contribution in [0.4, 0.5) is 11.4 Å². The highest BCUT2D eigenvalue weighted by molar-refractivity contribution is 9.10. The first-order valence-corrected chi connectivity index (χ1v) is 8.36. The third-order valence-corrected chi connectivity index (χ3v) is 3.83. The lowest BCUT2D eigenvalue weighted by atomic mass is 10.2. The molecule has 0 aliphatic carbocycles. The lowest BCUT2D eigenvalue weighted by molar-refractivity contribution is -0.115. The third-order valence-electron chi connectivity index (χ3n) is 3.34. The number of aryl methyl sites for hydroxylation is 1. The van der Waals surface area contributed by atoms with Crippen molar-refractivity contribution < 1.29 is 14.4 Å². The minimum atomic E-state index is -0.364. The van der Waals surface area contributed by atoms with E-state index in [9.17, 15) is 14.4 Å². The van der Waals surface area contributed by atoms with Gasteiger partial charge in [0.05, 0.1) is 6.54 Å². The van der Waals surface area contributed by atoms with E-state index in [1.165, 1.54) is 6.92 Å². The van der Waals surface area contributed by atoms with Crippen LogP contribution in [0.2, 0.25) is 0 Å². The van der Waals surface area contributed by atoms with Crippen molar-refractivity contribution in [1.82, 2.24) is 5.32 Å². The van der Waals surface area contributed by atoms with Crippen molar-refractivity contribution in [1.29, 1.82) is 0 Å². The van der Waals surface area contributed by atoms with Crippen LogP contribution in [0.15, 0.2) is 46.9 Å². The number of rotatable bonds is 5. The maximum atomic E-state index is 12.1. The number of benzene rings is 2. The first-order chi connectivity index (χ1) is 11.8. The zero-order valence-corrected chi connectivity index (χ0v) is 15.4. The van der Waals surface area contributed by atoms with E-state index in [1.807, 2.05) is 19.1 Å². The molecule has 0 aromatic heterocycles. The zero-order chi connectivity index (χ0) is 18.4. The summed E-state index contributed by atoms with van der Waals surface area (Å²) >= 11 is 3.36. The predicted molar refractivity (Wildman–Crippen MR) is 101 cm³/mol. The summed E-state index contributed by atoms with van der Waals surface area (Å²) < 4.78 is 0.930. The number of hydrogen-bond donors (Lipinski definition) is 3. The molecule has 0 saturated carbocycles. The highest BCUT2D eigenvalue weighted by Crippen LogP contribution is 2.19. The second-order valence-electron chi connectivity index (χ2n) is 5.45. The molecular formula is C18H18BrN3O3. The van der Waals surface area contributed by atoms with Gasteiger partial charge in [0.25, 0.3) is 5.91 Å². The van der Waals surface area contributed by atoms with Gasteiger partial charge in [-0.15, -0.1) is 0 Å². The number of amides is 3. The van der Waals surface area contributed by atoms with E-state index in [2.05, 4.69) is 31.9 Å². The number of nitrogens with one attached hydrogen (secondary N) is 3. The van der Waals surface area contributed by atoms with Gasteiger partial charge < -0.3 is 16.0 Å². The summed E-state index contributed by atoms with van der Waals surface area (Å²) in [5.41, 5.74) is 2.62. The molecule has 2 aromatic rings. The summed E-state index contributed by atoms with van der Waals surface area (Å²) in [6, 6.07) is 11.9. The van der Waals surface area contributed by atoms with Crippen LogP contribution in [0.25, 0.3) is 0 Å². The average Bonchev–Trinajstić information content (AvgIpc) is 2.55. The Balaban J connectivity index is 1.88. The van der Waals surface area contributed by atoms with Gasteiger partial charge in [-0.3, -0.25) is 14.4 Å². The van der Waals surface area contributed by atoms with E-state index in [0.717, 1.165) is 10.0 Å². The van der Waals surface area contributed by atoms with Crippen molar-refractivity contribution in [2.24, 2.45) is 0 Å². The molecular weight excluding hydrogens is 386 g/mol. The van der Waals surface area contributed by atoms with Crippen LogP contribution in [0, 0.1) is 6.92 Å². The molecule has 0 unspecified atom stereocenters. The number of halogens is 1. The smallest absolute Gasteiger partial charge is 0.251 e. The average molecular weight is 404 g/mol. The van der Waals surface area contributed by atoms with Crippen molar-refractivity contribution in [3.63, 3.8) is 0 Å². The molecule has 0 saturated heterocycles. The minimum absolute atomic E-state index is 0.137.